The molecule has 1 aromatic heterocycles. The molecule has 1 aliphatic rings. The smallest absolute Gasteiger partial charge is 0.290 e. The fourth-order valence-electron chi connectivity index (χ4n) is 2.69. The topological polar surface area (TPSA) is 53.8 Å². The highest BCUT2D eigenvalue weighted by Gasteiger charge is 2.36. The highest BCUT2D eigenvalue weighted by molar-refractivity contribution is 7.97. The second-order valence-corrected chi connectivity index (χ2v) is 6.48. The van der Waals surface area contributed by atoms with Crippen molar-refractivity contribution in [2.45, 2.75) is 38.0 Å². The average molecular weight is 324 g/mol. The van der Waals surface area contributed by atoms with Crippen LogP contribution in [0.1, 0.15) is 42.5 Å². The largest absolute Gasteiger partial charge is 0.455 e. The second-order valence-electron chi connectivity index (χ2n) is 5.62. The molecule has 1 aromatic rings. The highest BCUT2D eigenvalue weighted by Crippen LogP contribution is 2.21. The van der Waals surface area contributed by atoms with E-state index in [1.165, 1.54) is 0 Å². The van der Waals surface area contributed by atoms with Crippen LogP contribution in [0.25, 0.3) is 0 Å². The number of piperazine rings is 1. The molecule has 0 aliphatic carbocycles. The third-order valence-corrected chi connectivity index (χ3v) is 4.54. The monoisotopic (exact) mass is 324 g/mol. The molecular formula is C16H24N2O3S. The van der Waals surface area contributed by atoms with Gasteiger partial charge in [0.1, 0.15) is 11.8 Å². The van der Waals surface area contributed by atoms with Crippen LogP contribution < -0.4 is 0 Å². The van der Waals surface area contributed by atoms with Crippen LogP contribution in [0.15, 0.2) is 16.5 Å². The first-order valence-electron chi connectivity index (χ1n) is 7.72. The van der Waals surface area contributed by atoms with Gasteiger partial charge in [0, 0.05) is 20.1 Å². The molecule has 0 spiro atoms. The summed E-state index contributed by atoms with van der Waals surface area (Å²) in [7, 11) is 1.80. The van der Waals surface area contributed by atoms with E-state index in [2.05, 4.69) is 6.92 Å². The SMILES string of the molecule is CCCC[C@@H]1C(=O)N(C)CCN1C(=O)c1ccc(CSC)o1. The number of carbonyl (C=O) groups excluding carboxylic acids is 2. The van der Waals surface area contributed by atoms with Gasteiger partial charge in [0.15, 0.2) is 5.76 Å². The average Bonchev–Trinajstić information content (AvgIpc) is 2.97. The Morgan fingerprint density at radius 3 is 2.86 bits per heavy atom. The van der Waals surface area contributed by atoms with Crippen molar-refractivity contribution in [3.8, 4) is 0 Å². The number of rotatable bonds is 6. The Morgan fingerprint density at radius 2 is 2.18 bits per heavy atom. The highest BCUT2D eigenvalue weighted by atomic mass is 32.2. The number of thioether (sulfide) groups is 1. The fraction of sp³-hybridized carbons (Fsp3) is 0.625. The predicted octanol–water partition coefficient (Wildman–Crippen LogP) is 2.62. The molecule has 0 saturated carbocycles. The maximum absolute atomic E-state index is 12.7. The van der Waals surface area contributed by atoms with Gasteiger partial charge < -0.3 is 14.2 Å². The Morgan fingerprint density at radius 1 is 1.41 bits per heavy atom. The summed E-state index contributed by atoms with van der Waals surface area (Å²) in [6.45, 7) is 3.23. The first-order valence-corrected chi connectivity index (χ1v) is 9.11. The zero-order valence-corrected chi connectivity index (χ0v) is 14.3. The van der Waals surface area contributed by atoms with Gasteiger partial charge in [-0.05, 0) is 24.8 Å². The van der Waals surface area contributed by atoms with Gasteiger partial charge in [-0.3, -0.25) is 9.59 Å². The molecule has 1 aliphatic heterocycles. The number of nitrogens with zero attached hydrogens (tertiary/aromatic N) is 2. The third kappa shape index (κ3) is 3.66. The van der Waals surface area contributed by atoms with E-state index in [0.29, 0.717) is 25.3 Å². The van der Waals surface area contributed by atoms with E-state index in [1.807, 2.05) is 12.3 Å². The standard InChI is InChI=1S/C16H24N2O3S/c1-4-5-6-13-15(19)17(2)9-10-18(13)16(20)14-8-7-12(21-14)11-22-3/h7-8,13H,4-6,9-11H2,1-3H3/t13-/m1/s1. The van der Waals surface area contributed by atoms with Crippen LogP contribution in [0.4, 0.5) is 0 Å². The Kier molecular flexibility index (Phi) is 5.94. The predicted molar refractivity (Wildman–Crippen MR) is 87.9 cm³/mol. The molecular weight excluding hydrogens is 300 g/mol. The lowest BCUT2D eigenvalue weighted by atomic mass is 10.0. The van der Waals surface area contributed by atoms with Crippen molar-refractivity contribution in [1.82, 2.24) is 9.80 Å². The van der Waals surface area contributed by atoms with Crippen LogP contribution in [-0.2, 0) is 10.5 Å². The van der Waals surface area contributed by atoms with Gasteiger partial charge in [-0.2, -0.15) is 11.8 Å². The molecule has 1 fully saturated rings. The van der Waals surface area contributed by atoms with E-state index in [1.54, 1.807) is 34.7 Å². The van der Waals surface area contributed by atoms with E-state index in [9.17, 15) is 9.59 Å². The molecule has 0 radical (unpaired) electrons. The van der Waals surface area contributed by atoms with Crippen LogP contribution in [0.3, 0.4) is 0 Å². The molecule has 0 unspecified atom stereocenters. The van der Waals surface area contributed by atoms with Gasteiger partial charge in [-0.15, -0.1) is 0 Å². The molecule has 0 bridgehead atoms. The molecule has 5 nitrogen and oxygen atoms in total. The maximum atomic E-state index is 12.7. The summed E-state index contributed by atoms with van der Waals surface area (Å²) in [5.74, 6) is 1.73. The van der Waals surface area contributed by atoms with Crippen LogP contribution in [0.5, 0.6) is 0 Å². The van der Waals surface area contributed by atoms with Crippen molar-refractivity contribution in [1.29, 1.82) is 0 Å². The van der Waals surface area contributed by atoms with E-state index in [-0.39, 0.29) is 17.9 Å². The van der Waals surface area contributed by atoms with E-state index < -0.39 is 0 Å². The fourth-order valence-corrected chi connectivity index (χ4v) is 3.13. The van der Waals surface area contributed by atoms with E-state index >= 15 is 0 Å². The molecule has 2 amide bonds. The number of hydrogen-bond donors (Lipinski definition) is 0. The molecule has 1 atom stereocenters. The minimum absolute atomic E-state index is 0.0314. The van der Waals surface area contributed by atoms with Crippen molar-refractivity contribution >= 4 is 23.6 Å². The molecule has 1 saturated heterocycles. The molecule has 122 valence electrons. The minimum Gasteiger partial charge on any atom is -0.455 e. The first kappa shape index (κ1) is 16.9. The number of carbonyl (C=O) groups is 2. The Hall–Kier alpha value is -1.43. The van der Waals surface area contributed by atoms with Crippen LogP contribution in [-0.4, -0.2) is 54.0 Å². The summed E-state index contributed by atoms with van der Waals surface area (Å²) in [6, 6.07) is 3.19. The lowest BCUT2D eigenvalue weighted by Gasteiger charge is -2.38. The Labute approximate surface area is 136 Å². The number of furan rings is 1. The van der Waals surface area contributed by atoms with Crippen molar-refractivity contribution in [2.24, 2.45) is 0 Å². The summed E-state index contributed by atoms with van der Waals surface area (Å²) >= 11 is 1.65. The molecule has 6 heteroatoms. The van der Waals surface area contributed by atoms with Crippen molar-refractivity contribution < 1.29 is 14.0 Å². The van der Waals surface area contributed by atoms with Crippen molar-refractivity contribution in [3.05, 3.63) is 23.7 Å². The lowest BCUT2D eigenvalue weighted by molar-refractivity contribution is -0.138. The molecule has 0 aromatic carbocycles. The third-order valence-electron chi connectivity index (χ3n) is 3.96. The summed E-state index contributed by atoms with van der Waals surface area (Å²) in [4.78, 5) is 28.5. The van der Waals surface area contributed by atoms with Crippen molar-refractivity contribution in [2.75, 3.05) is 26.4 Å². The Balaban J connectivity index is 2.15. The summed E-state index contributed by atoms with van der Waals surface area (Å²) in [5.41, 5.74) is 0. The van der Waals surface area contributed by atoms with Gasteiger partial charge in [0.2, 0.25) is 5.91 Å². The van der Waals surface area contributed by atoms with Crippen LogP contribution >= 0.6 is 11.8 Å². The van der Waals surface area contributed by atoms with E-state index in [0.717, 1.165) is 24.4 Å². The Bertz CT molecular complexity index is 529. The minimum atomic E-state index is -0.361. The summed E-state index contributed by atoms with van der Waals surface area (Å²) in [6.07, 6.45) is 4.64. The van der Waals surface area contributed by atoms with Crippen LogP contribution in [0, 0.1) is 0 Å². The number of likely N-dealkylation sites (N-methyl/N-ethyl adjacent to an activating group) is 1. The lowest BCUT2D eigenvalue weighted by Crippen LogP contribution is -2.57. The zero-order chi connectivity index (χ0) is 16.1. The molecule has 2 heterocycles. The number of hydrogen-bond acceptors (Lipinski definition) is 4. The van der Waals surface area contributed by atoms with Gasteiger partial charge in [-0.1, -0.05) is 19.8 Å². The zero-order valence-electron chi connectivity index (χ0n) is 13.5. The summed E-state index contributed by atoms with van der Waals surface area (Å²) < 4.78 is 5.62. The quantitative estimate of drug-likeness (QED) is 0.807. The van der Waals surface area contributed by atoms with Crippen LogP contribution in [0.2, 0.25) is 0 Å². The number of unbranched alkanes of at least 4 members (excludes halogenated alkanes) is 1. The summed E-state index contributed by atoms with van der Waals surface area (Å²) in [5, 5.41) is 0. The van der Waals surface area contributed by atoms with Gasteiger partial charge in [0.25, 0.3) is 5.91 Å². The number of amides is 2. The molecule has 22 heavy (non-hydrogen) atoms. The molecule has 0 N–H and O–H groups in total. The van der Waals surface area contributed by atoms with E-state index in [4.69, 9.17) is 4.42 Å². The second kappa shape index (κ2) is 7.72. The van der Waals surface area contributed by atoms with Crippen molar-refractivity contribution in [3.63, 3.8) is 0 Å². The first-order chi connectivity index (χ1) is 10.6. The molecule has 2 rings (SSSR count). The maximum Gasteiger partial charge on any atom is 0.290 e. The normalized spacial score (nSPS) is 18.9. The van der Waals surface area contributed by atoms with Gasteiger partial charge in [-0.25, -0.2) is 0 Å². The van der Waals surface area contributed by atoms with Gasteiger partial charge in [0.05, 0.1) is 5.75 Å². The van der Waals surface area contributed by atoms with Gasteiger partial charge >= 0.3 is 0 Å².